The molecule has 0 aliphatic carbocycles. The van der Waals surface area contributed by atoms with E-state index in [0.717, 1.165) is 5.69 Å². The predicted molar refractivity (Wildman–Crippen MR) is 83.2 cm³/mol. The zero-order chi connectivity index (χ0) is 14.8. The molecule has 1 aliphatic rings. The molecule has 6 heteroatoms. The second-order valence-electron chi connectivity index (χ2n) is 5.19. The van der Waals surface area contributed by atoms with Gasteiger partial charge < -0.3 is 14.5 Å². The Morgan fingerprint density at radius 1 is 1.43 bits per heavy atom. The van der Waals surface area contributed by atoms with Crippen LogP contribution in [-0.2, 0) is 0 Å². The third-order valence-electron chi connectivity index (χ3n) is 3.42. The number of thiazole rings is 1. The van der Waals surface area contributed by atoms with Gasteiger partial charge in [0.15, 0.2) is 0 Å². The van der Waals surface area contributed by atoms with Crippen LogP contribution in [0.4, 0.5) is 5.69 Å². The van der Waals surface area contributed by atoms with Crippen molar-refractivity contribution in [2.75, 3.05) is 32.1 Å². The zero-order valence-corrected chi connectivity index (χ0v) is 12.8. The maximum atomic E-state index is 12.4. The van der Waals surface area contributed by atoms with Crippen molar-refractivity contribution in [1.29, 1.82) is 0 Å². The van der Waals surface area contributed by atoms with Crippen molar-refractivity contribution in [3.63, 3.8) is 0 Å². The first-order valence-corrected chi connectivity index (χ1v) is 7.64. The normalized spacial score (nSPS) is 14.7. The lowest BCUT2D eigenvalue weighted by Crippen LogP contribution is -2.56. The molecule has 3 rings (SSSR count). The third kappa shape index (κ3) is 3.00. The number of nitrogens with zero attached hydrogens (tertiary/aromatic N) is 3. The first kappa shape index (κ1) is 13.9. The molecular weight excluding hydrogens is 286 g/mol. The smallest absolute Gasteiger partial charge is 0.273 e. The largest absolute Gasteiger partial charge is 0.463 e. The minimum Gasteiger partial charge on any atom is -0.463 e. The van der Waals surface area contributed by atoms with Crippen molar-refractivity contribution in [2.45, 2.75) is 6.10 Å². The molecule has 0 spiro atoms. The van der Waals surface area contributed by atoms with Crippen LogP contribution in [0.5, 0.6) is 5.19 Å². The molecule has 0 atom stereocenters. The lowest BCUT2D eigenvalue weighted by Gasteiger charge is -2.38. The maximum Gasteiger partial charge on any atom is 0.273 e. The number of rotatable bonds is 4. The van der Waals surface area contributed by atoms with Crippen molar-refractivity contribution in [3.05, 3.63) is 41.4 Å². The van der Waals surface area contributed by atoms with E-state index in [0.29, 0.717) is 23.8 Å². The predicted octanol–water partition coefficient (Wildman–Crippen LogP) is 2.11. The van der Waals surface area contributed by atoms with E-state index < -0.39 is 0 Å². The number of anilines is 1. The van der Waals surface area contributed by atoms with Crippen molar-refractivity contribution in [2.24, 2.45) is 0 Å². The molecule has 1 saturated heterocycles. The van der Waals surface area contributed by atoms with Crippen LogP contribution in [-0.4, -0.2) is 49.1 Å². The molecule has 5 nitrogen and oxygen atoms in total. The van der Waals surface area contributed by atoms with Gasteiger partial charge in [-0.05, 0) is 18.2 Å². The van der Waals surface area contributed by atoms with E-state index in [1.165, 1.54) is 11.3 Å². The molecule has 1 aliphatic heterocycles. The number of ether oxygens (including phenoxy) is 1. The Labute approximate surface area is 127 Å². The van der Waals surface area contributed by atoms with Crippen LogP contribution in [0.1, 0.15) is 10.4 Å². The highest BCUT2D eigenvalue weighted by atomic mass is 32.1. The summed E-state index contributed by atoms with van der Waals surface area (Å²) in [6, 6.07) is 7.66. The van der Waals surface area contributed by atoms with Gasteiger partial charge in [-0.3, -0.25) is 4.79 Å². The lowest BCUT2D eigenvalue weighted by molar-refractivity contribution is 0.0177. The van der Waals surface area contributed by atoms with E-state index in [2.05, 4.69) is 4.98 Å². The van der Waals surface area contributed by atoms with Gasteiger partial charge in [-0.2, -0.15) is 0 Å². The molecule has 0 N–H and O–H groups in total. The first-order valence-electron chi connectivity index (χ1n) is 6.76. The lowest BCUT2D eigenvalue weighted by atomic mass is 10.1. The van der Waals surface area contributed by atoms with Crippen LogP contribution >= 0.6 is 11.3 Å². The van der Waals surface area contributed by atoms with Crippen molar-refractivity contribution < 1.29 is 9.53 Å². The highest BCUT2D eigenvalue weighted by molar-refractivity contribution is 7.11. The summed E-state index contributed by atoms with van der Waals surface area (Å²) in [5, 5.41) is 2.55. The second kappa shape index (κ2) is 5.73. The Morgan fingerprint density at radius 2 is 2.24 bits per heavy atom. The van der Waals surface area contributed by atoms with Crippen molar-refractivity contribution in [1.82, 2.24) is 9.88 Å². The SMILES string of the molecule is CN(C)c1cccc(C(=O)N2CC(Oc3nccs3)C2)c1. The van der Waals surface area contributed by atoms with E-state index >= 15 is 0 Å². The molecule has 1 amide bonds. The van der Waals surface area contributed by atoms with Crippen LogP contribution in [0, 0.1) is 0 Å². The molecule has 0 saturated carbocycles. The number of hydrogen-bond acceptors (Lipinski definition) is 5. The number of likely N-dealkylation sites (tertiary alicyclic amines) is 1. The summed E-state index contributed by atoms with van der Waals surface area (Å²) in [6.07, 6.45) is 1.77. The van der Waals surface area contributed by atoms with Gasteiger partial charge in [0.05, 0.1) is 13.1 Å². The molecule has 0 bridgehead atoms. The molecule has 2 aromatic rings. The third-order valence-corrected chi connectivity index (χ3v) is 4.08. The molecule has 1 aromatic carbocycles. The average molecular weight is 303 g/mol. The first-order chi connectivity index (χ1) is 10.1. The van der Waals surface area contributed by atoms with Crippen LogP contribution < -0.4 is 9.64 Å². The van der Waals surface area contributed by atoms with E-state index in [1.807, 2.05) is 48.6 Å². The summed E-state index contributed by atoms with van der Waals surface area (Å²) in [5.41, 5.74) is 1.74. The summed E-state index contributed by atoms with van der Waals surface area (Å²) in [6.45, 7) is 1.23. The molecular formula is C15H17N3O2S. The molecule has 2 heterocycles. The summed E-state index contributed by atoms with van der Waals surface area (Å²) >= 11 is 1.47. The number of aromatic nitrogens is 1. The van der Waals surface area contributed by atoms with Gasteiger partial charge in [-0.1, -0.05) is 17.4 Å². The van der Waals surface area contributed by atoms with Gasteiger partial charge in [0.1, 0.15) is 6.10 Å². The molecule has 1 aromatic heterocycles. The molecule has 1 fully saturated rings. The van der Waals surface area contributed by atoms with Gasteiger partial charge in [0, 0.05) is 36.9 Å². The average Bonchev–Trinajstić information content (AvgIpc) is 2.95. The van der Waals surface area contributed by atoms with Gasteiger partial charge in [0.2, 0.25) is 0 Å². The van der Waals surface area contributed by atoms with Crippen LogP contribution in [0.3, 0.4) is 0 Å². The Kier molecular flexibility index (Phi) is 3.79. The quantitative estimate of drug-likeness (QED) is 0.868. The van der Waals surface area contributed by atoms with Crippen LogP contribution in [0.15, 0.2) is 35.8 Å². The number of amides is 1. The molecule has 110 valence electrons. The Balaban J connectivity index is 1.59. The zero-order valence-electron chi connectivity index (χ0n) is 12.0. The summed E-state index contributed by atoms with van der Waals surface area (Å²) in [4.78, 5) is 20.3. The van der Waals surface area contributed by atoms with Gasteiger partial charge in [0.25, 0.3) is 11.1 Å². The van der Waals surface area contributed by atoms with Gasteiger partial charge in [-0.25, -0.2) is 4.98 Å². The Hall–Kier alpha value is -2.08. The van der Waals surface area contributed by atoms with Crippen LogP contribution in [0.2, 0.25) is 0 Å². The monoisotopic (exact) mass is 303 g/mol. The number of carbonyl (C=O) groups excluding carboxylic acids is 1. The van der Waals surface area contributed by atoms with Gasteiger partial charge in [-0.15, -0.1) is 0 Å². The number of benzene rings is 1. The fourth-order valence-electron chi connectivity index (χ4n) is 2.19. The van der Waals surface area contributed by atoms with E-state index in [1.54, 1.807) is 11.1 Å². The topological polar surface area (TPSA) is 45.7 Å². The Bertz CT molecular complexity index is 622. The number of carbonyl (C=O) groups is 1. The fraction of sp³-hybridized carbons (Fsp3) is 0.333. The maximum absolute atomic E-state index is 12.4. The minimum atomic E-state index is 0.0529. The number of hydrogen-bond donors (Lipinski definition) is 0. The van der Waals surface area contributed by atoms with Crippen LogP contribution in [0.25, 0.3) is 0 Å². The molecule has 21 heavy (non-hydrogen) atoms. The Morgan fingerprint density at radius 3 is 2.90 bits per heavy atom. The van der Waals surface area contributed by atoms with E-state index in [9.17, 15) is 4.79 Å². The second-order valence-corrected chi connectivity index (χ2v) is 6.05. The summed E-state index contributed by atoms with van der Waals surface area (Å²) in [5.74, 6) is 0.0534. The molecule has 0 radical (unpaired) electrons. The minimum absolute atomic E-state index is 0.0529. The summed E-state index contributed by atoms with van der Waals surface area (Å²) in [7, 11) is 3.93. The molecule has 0 unspecified atom stereocenters. The fourth-order valence-corrected chi connectivity index (χ4v) is 2.74. The van der Waals surface area contributed by atoms with Crippen molar-refractivity contribution in [3.8, 4) is 5.19 Å². The highest BCUT2D eigenvalue weighted by Crippen LogP contribution is 2.22. The van der Waals surface area contributed by atoms with E-state index in [4.69, 9.17) is 4.74 Å². The summed E-state index contributed by atoms with van der Waals surface area (Å²) < 4.78 is 5.67. The van der Waals surface area contributed by atoms with Crippen molar-refractivity contribution >= 4 is 22.9 Å². The van der Waals surface area contributed by atoms with E-state index in [-0.39, 0.29) is 12.0 Å². The highest BCUT2D eigenvalue weighted by Gasteiger charge is 2.33. The van der Waals surface area contributed by atoms with Gasteiger partial charge >= 0.3 is 0 Å². The standard InChI is InChI=1S/C15H17N3O2S/c1-17(2)12-5-3-4-11(8-12)14(19)18-9-13(10-18)20-15-16-6-7-21-15/h3-8,13H,9-10H2,1-2H3.